The maximum absolute atomic E-state index is 12.6. The predicted molar refractivity (Wildman–Crippen MR) is 139 cm³/mol. The average molecular weight is 500 g/mol. The van der Waals surface area contributed by atoms with Gasteiger partial charge in [-0.25, -0.2) is 14.5 Å². The number of anilines is 1. The maximum atomic E-state index is 12.6. The lowest BCUT2D eigenvalue weighted by Gasteiger charge is -2.12. The van der Waals surface area contributed by atoms with Crippen molar-refractivity contribution in [2.75, 3.05) is 5.73 Å². The summed E-state index contributed by atoms with van der Waals surface area (Å²) in [6.45, 7) is 2.73. The molecule has 0 fully saturated rings. The number of aromatic nitrogens is 4. The zero-order valence-corrected chi connectivity index (χ0v) is 20.1. The highest BCUT2D eigenvalue weighted by atomic mass is 35.5. The molecule has 180 valence electrons. The fourth-order valence-corrected chi connectivity index (χ4v) is 4.30. The van der Waals surface area contributed by atoms with Crippen LogP contribution in [0.4, 0.5) is 5.95 Å². The van der Waals surface area contributed by atoms with E-state index < -0.39 is 5.97 Å². The third-order valence-electron chi connectivity index (χ3n) is 6.03. The molecule has 0 atom stereocenters. The van der Waals surface area contributed by atoms with E-state index in [9.17, 15) is 9.59 Å². The van der Waals surface area contributed by atoms with Crippen molar-refractivity contribution < 1.29 is 9.08 Å². The van der Waals surface area contributed by atoms with Crippen molar-refractivity contribution in [2.24, 2.45) is 0 Å². The number of nitrogens with two attached hydrogens (primary N) is 1. The number of imidazole rings is 1. The Morgan fingerprint density at radius 1 is 0.972 bits per heavy atom. The number of aryl methyl sites for hydroxylation is 1. The number of fused-ring (bicyclic) bond motifs is 1. The van der Waals surface area contributed by atoms with Gasteiger partial charge in [0.05, 0.1) is 35.4 Å². The number of benzene rings is 3. The monoisotopic (exact) mass is 499 g/mol. The number of halogens is 1. The van der Waals surface area contributed by atoms with E-state index in [1.54, 1.807) is 30.3 Å². The molecule has 0 radical (unpaired) electrons. The van der Waals surface area contributed by atoms with Crippen molar-refractivity contribution in [1.82, 2.24) is 19.3 Å². The van der Waals surface area contributed by atoms with Crippen LogP contribution in [0.1, 0.15) is 27.0 Å². The van der Waals surface area contributed by atoms with Crippen molar-refractivity contribution in [3.8, 4) is 11.3 Å². The zero-order chi connectivity index (χ0) is 25.2. The lowest BCUT2D eigenvalue weighted by atomic mass is 10.0. The third-order valence-corrected chi connectivity index (χ3v) is 6.17. The highest BCUT2D eigenvalue weighted by Crippen LogP contribution is 2.25. The average Bonchev–Trinajstić information content (AvgIpc) is 3.21. The Morgan fingerprint density at radius 3 is 2.61 bits per heavy atom. The Morgan fingerprint density at radius 2 is 1.78 bits per heavy atom. The molecule has 0 aliphatic heterocycles. The van der Waals surface area contributed by atoms with Crippen molar-refractivity contribution in [3.63, 3.8) is 0 Å². The van der Waals surface area contributed by atoms with Gasteiger partial charge in [-0.1, -0.05) is 36.4 Å². The smallest absolute Gasteiger partial charge is 0.356 e. The molecule has 9 heteroatoms. The van der Waals surface area contributed by atoms with Gasteiger partial charge in [-0.3, -0.25) is 4.79 Å². The van der Waals surface area contributed by atoms with E-state index in [2.05, 4.69) is 20.4 Å². The van der Waals surface area contributed by atoms with Gasteiger partial charge in [0.2, 0.25) is 5.95 Å². The molecule has 0 aliphatic carbocycles. The van der Waals surface area contributed by atoms with E-state index in [1.807, 2.05) is 47.9 Å². The van der Waals surface area contributed by atoms with E-state index >= 15 is 0 Å². The second-order valence-corrected chi connectivity index (χ2v) is 8.63. The number of nitrogens with zero attached hydrogens (tertiary/aromatic N) is 4. The number of hydrogen-bond donors (Lipinski definition) is 1. The quantitative estimate of drug-likeness (QED) is 0.367. The zero-order valence-electron chi connectivity index (χ0n) is 19.4. The second kappa shape index (κ2) is 9.67. The number of carbonyl (C=O) groups is 1. The molecule has 0 amide bonds. The predicted octanol–water partition coefficient (Wildman–Crippen LogP) is 4.56. The summed E-state index contributed by atoms with van der Waals surface area (Å²) in [6.07, 6.45) is 0. The third kappa shape index (κ3) is 4.58. The summed E-state index contributed by atoms with van der Waals surface area (Å²) in [7, 11) is 0. The molecule has 36 heavy (non-hydrogen) atoms. The van der Waals surface area contributed by atoms with Crippen molar-refractivity contribution in [3.05, 3.63) is 111 Å². The first-order valence-corrected chi connectivity index (χ1v) is 11.5. The van der Waals surface area contributed by atoms with Gasteiger partial charge >= 0.3 is 5.97 Å². The minimum atomic E-state index is -0.661. The van der Waals surface area contributed by atoms with Crippen molar-refractivity contribution in [1.29, 1.82) is 0 Å². The Labute approximate surface area is 211 Å². The Hall–Kier alpha value is -4.43. The lowest BCUT2D eigenvalue weighted by molar-refractivity contribution is 0.0751. The number of carbonyl (C=O) groups excluding carboxylic acids is 1. The molecule has 0 bridgehead atoms. The molecular weight excluding hydrogens is 478 g/mol. The Kier molecular flexibility index (Phi) is 6.26. The summed E-state index contributed by atoms with van der Waals surface area (Å²) >= 11 is 5.19. The molecule has 3 aromatic carbocycles. The largest absolute Gasteiger partial charge is 0.369 e. The van der Waals surface area contributed by atoms with E-state index in [4.69, 9.17) is 17.6 Å². The molecular formula is C27H22ClN5O3. The molecule has 8 nitrogen and oxygen atoms in total. The summed E-state index contributed by atoms with van der Waals surface area (Å²) in [4.78, 5) is 28.8. The summed E-state index contributed by atoms with van der Waals surface area (Å²) in [5, 5.41) is 4.62. The van der Waals surface area contributed by atoms with Crippen LogP contribution < -0.4 is 11.3 Å². The minimum Gasteiger partial charge on any atom is -0.369 e. The SMILES string of the molecule is Cc1ccc(Cn2c(N)nc3ccccc32)cc1-c1ccc(=O)n(Cc2cccc(C(=O)OCl)c2)n1. The van der Waals surface area contributed by atoms with Gasteiger partial charge in [-0.15, -0.1) is 0 Å². The van der Waals surface area contributed by atoms with E-state index in [0.717, 1.165) is 27.7 Å². The van der Waals surface area contributed by atoms with Crippen LogP contribution in [0, 0.1) is 6.92 Å². The standard InChI is InChI=1S/C27H22ClN5O3/c1-17-9-10-19(15-32-24-8-3-2-7-23(24)30-27(32)29)14-21(17)22-11-12-25(34)33(31-22)16-18-5-4-6-20(13-18)26(35)36-28/h2-14H,15-16H2,1H3,(H2,29,30). The highest BCUT2D eigenvalue weighted by Gasteiger charge is 2.12. The molecule has 0 saturated carbocycles. The van der Waals surface area contributed by atoms with E-state index in [-0.39, 0.29) is 12.1 Å². The first-order chi connectivity index (χ1) is 17.4. The van der Waals surface area contributed by atoms with Crippen LogP contribution in [0.2, 0.25) is 0 Å². The van der Waals surface area contributed by atoms with Crippen LogP contribution in [-0.2, 0) is 17.4 Å². The second-order valence-electron chi connectivity index (χ2n) is 8.47. The molecule has 2 heterocycles. The first-order valence-electron chi connectivity index (χ1n) is 11.2. The van der Waals surface area contributed by atoms with Crippen LogP contribution in [-0.4, -0.2) is 25.3 Å². The normalized spacial score (nSPS) is 11.1. The number of hydrogen-bond acceptors (Lipinski definition) is 6. The number of rotatable bonds is 6. The van der Waals surface area contributed by atoms with E-state index in [1.165, 1.54) is 10.7 Å². The van der Waals surface area contributed by atoms with Crippen LogP contribution in [0.3, 0.4) is 0 Å². The van der Waals surface area contributed by atoms with Gasteiger partial charge in [0.1, 0.15) is 11.9 Å². The highest BCUT2D eigenvalue weighted by molar-refractivity contribution is 6.15. The summed E-state index contributed by atoms with van der Waals surface area (Å²) < 4.78 is 7.61. The van der Waals surface area contributed by atoms with Crippen LogP contribution in [0.5, 0.6) is 0 Å². The molecule has 5 rings (SSSR count). The van der Waals surface area contributed by atoms with Gasteiger partial charge < -0.3 is 14.6 Å². The fourth-order valence-electron chi connectivity index (χ4n) is 4.21. The van der Waals surface area contributed by atoms with Crippen LogP contribution in [0.15, 0.2) is 83.7 Å². The number of para-hydroxylation sites is 2. The van der Waals surface area contributed by atoms with Crippen molar-refractivity contribution >= 4 is 34.8 Å². The minimum absolute atomic E-state index is 0.187. The van der Waals surface area contributed by atoms with Gasteiger partial charge in [-0.05, 0) is 60.0 Å². The van der Waals surface area contributed by atoms with Gasteiger partial charge in [0.15, 0.2) is 0 Å². The van der Waals surface area contributed by atoms with Gasteiger partial charge in [0.25, 0.3) is 5.56 Å². The fraction of sp³-hybridized carbons (Fsp3) is 0.111. The first kappa shape index (κ1) is 23.3. The molecule has 0 spiro atoms. The summed E-state index contributed by atoms with van der Waals surface area (Å²) in [6, 6.07) is 23.9. The van der Waals surface area contributed by atoms with Gasteiger partial charge in [-0.2, -0.15) is 5.10 Å². The Balaban J connectivity index is 1.48. The Bertz CT molecular complexity index is 1660. The lowest BCUT2D eigenvalue weighted by Crippen LogP contribution is -2.23. The summed E-state index contributed by atoms with van der Waals surface area (Å²) in [5.74, 6) is -0.211. The van der Waals surface area contributed by atoms with Crippen molar-refractivity contribution in [2.45, 2.75) is 20.0 Å². The molecule has 5 aromatic rings. The van der Waals surface area contributed by atoms with Crippen LogP contribution in [0.25, 0.3) is 22.3 Å². The van der Waals surface area contributed by atoms with Crippen LogP contribution >= 0.6 is 11.9 Å². The topological polar surface area (TPSA) is 105 Å². The maximum Gasteiger partial charge on any atom is 0.356 e. The molecule has 2 aromatic heterocycles. The molecule has 0 saturated heterocycles. The summed E-state index contributed by atoms with van der Waals surface area (Å²) in [5.41, 5.74) is 12.4. The molecule has 0 aliphatic rings. The molecule has 0 unspecified atom stereocenters. The molecule has 2 N–H and O–H groups in total. The number of nitrogen functional groups attached to an aromatic ring is 1. The van der Waals surface area contributed by atoms with Gasteiger partial charge in [0, 0.05) is 11.6 Å². The van der Waals surface area contributed by atoms with E-state index in [0.29, 0.717) is 29.3 Å².